The SMILES string of the molecule is CC[C@]1(O)C(=O)OCc2c1cc1n(c2=O)Cc2c-1nc1ccccc1c2CCN(C(C)C)C(C)C. The van der Waals surface area contributed by atoms with Crippen molar-refractivity contribution in [3.05, 3.63) is 62.9 Å². The molecule has 35 heavy (non-hydrogen) atoms. The van der Waals surface area contributed by atoms with E-state index in [0.717, 1.165) is 35.1 Å². The highest BCUT2D eigenvalue weighted by Gasteiger charge is 2.45. The first-order valence-corrected chi connectivity index (χ1v) is 12.5. The molecule has 1 N–H and O–H groups in total. The molecule has 0 aliphatic carbocycles. The summed E-state index contributed by atoms with van der Waals surface area (Å²) in [6.07, 6.45) is 0.968. The highest BCUT2D eigenvalue weighted by molar-refractivity contribution is 5.89. The number of fused-ring (bicyclic) bond motifs is 5. The van der Waals surface area contributed by atoms with Crippen molar-refractivity contribution in [3.8, 4) is 11.4 Å². The Kier molecular flexibility index (Phi) is 5.80. The van der Waals surface area contributed by atoms with Crippen molar-refractivity contribution in [1.29, 1.82) is 0 Å². The van der Waals surface area contributed by atoms with E-state index in [1.165, 1.54) is 5.56 Å². The summed E-state index contributed by atoms with van der Waals surface area (Å²) in [6.45, 7) is 11.8. The van der Waals surface area contributed by atoms with Crippen LogP contribution in [0.25, 0.3) is 22.3 Å². The second kappa shape index (κ2) is 8.57. The average Bonchev–Trinajstić information content (AvgIpc) is 3.19. The van der Waals surface area contributed by atoms with Gasteiger partial charge in [0.25, 0.3) is 5.56 Å². The van der Waals surface area contributed by atoms with E-state index in [-0.39, 0.29) is 18.6 Å². The molecule has 0 spiro atoms. The molecular formula is C28H33N3O4. The first kappa shape index (κ1) is 23.7. The molecule has 0 unspecified atom stereocenters. The van der Waals surface area contributed by atoms with E-state index >= 15 is 0 Å². The molecule has 1 atom stereocenters. The van der Waals surface area contributed by atoms with Crippen LogP contribution < -0.4 is 5.56 Å². The second-order valence-electron chi connectivity index (χ2n) is 10.2. The van der Waals surface area contributed by atoms with Crippen molar-refractivity contribution in [2.45, 2.75) is 78.3 Å². The van der Waals surface area contributed by atoms with Crippen molar-refractivity contribution < 1.29 is 14.6 Å². The maximum Gasteiger partial charge on any atom is 0.343 e. The van der Waals surface area contributed by atoms with E-state index in [2.05, 4.69) is 38.7 Å². The zero-order valence-corrected chi connectivity index (χ0v) is 21.1. The topological polar surface area (TPSA) is 84.7 Å². The van der Waals surface area contributed by atoms with Crippen LogP contribution in [0.4, 0.5) is 0 Å². The maximum absolute atomic E-state index is 13.6. The molecule has 5 rings (SSSR count). The van der Waals surface area contributed by atoms with Crippen molar-refractivity contribution in [2.75, 3.05) is 6.54 Å². The number of ether oxygens (including phenoxy) is 1. The summed E-state index contributed by atoms with van der Waals surface area (Å²) in [6, 6.07) is 10.7. The van der Waals surface area contributed by atoms with E-state index < -0.39 is 11.6 Å². The molecule has 1 aromatic carbocycles. The van der Waals surface area contributed by atoms with Crippen LogP contribution in [0, 0.1) is 0 Å². The van der Waals surface area contributed by atoms with Crippen molar-refractivity contribution >= 4 is 16.9 Å². The zero-order chi connectivity index (χ0) is 25.1. The minimum atomic E-state index is -1.82. The molecule has 0 saturated carbocycles. The van der Waals surface area contributed by atoms with Crippen LogP contribution in [0.1, 0.15) is 63.3 Å². The molecule has 0 radical (unpaired) electrons. The Balaban J connectivity index is 1.69. The van der Waals surface area contributed by atoms with Crippen LogP contribution in [0.3, 0.4) is 0 Å². The van der Waals surface area contributed by atoms with Crippen LogP contribution in [0.15, 0.2) is 35.1 Å². The van der Waals surface area contributed by atoms with Gasteiger partial charge in [-0.3, -0.25) is 9.69 Å². The van der Waals surface area contributed by atoms with Crippen molar-refractivity contribution in [2.24, 2.45) is 0 Å². The summed E-state index contributed by atoms with van der Waals surface area (Å²) in [5.41, 5.74) is 3.20. The average molecular weight is 476 g/mol. The van der Waals surface area contributed by atoms with Gasteiger partial charge in [-0.1, -0.05) is 25.1 Å². The van der Waals surface area contributed by atoms with Gasteiger partial charge in [-0.15, -0.1) is 0 Å². The van der Waals surface area contributed by atoms with Gasteiger partial charge in [-0.05, 0) is 58.2 Å². The molecule has 0 bridgehead atoms. The zero-order valence-electron chi connectivity index (χ0n) is 21.1. The number of aromatic nitrogens is 2. The smallest absolute Gasteiger partial charge is 0.343 e. The number of pyridine rings is 2. The fourth-order valence-corrected chi connectivity index (χ4v) is 5.75. The van der Waals surface area contributed by atoms with Crippen molar-refractivity contribution in [1.82, 2.24) is 14.5 Å². The quantitative estimate of drug-likeness (QED) is 0.428. The molecule has 0 amide bonds. The van der Waals surface area contributed by atoms with E-state index in [4.69, 9.17) is 9.72 Å². The fraction of sp³-hybridized carbons (Fsp3) is 0.464. The number of hydrogen-bond acceptors (Lipinski definition) is 6. The second-order valence-corrected chi connectivity index (χ2v) is 10.2. The molecule has 2 aliphatic heterocycles. The normalized spacial score (nSPS) is 18.8. The summed E-state index contributed by atoms with van der Waals surface area (Å²) in [4.78, 5) is 33.4. The first-order chi connectivity index (χ1) is 16.7. The third-order valence-electron chi connectivity index (χ3n) is 7.66. The van der Waals surface area contributed by atoms with Gasteiger partial charge in [-0.25, -0.2) is 9.78 Å². The highest BCUT2D eigenvalue weighted by Crippen LogP contribution is 2.40. The number of para-hydroxylation sites is 1. The lowest BCUT2D eigenvalue weighted by atomic mass is 9.86. The van der Waals surface area contributed by atoms with E-state index in [9.17, 15) is 14.7 Å². The van der Waals surface area contributed by atoms with Crippen LogP contribution in [0.2, 0.25) is 0 Å². The van der Waals surface area contributed by atoms with Crippen LogP contribution in [-0.2, 0) is 34.7 Å². The number of hydrogen-bond donors (Lipinski definition) is 1. The molecule has 7 nitrogen and oxygen atoms in total. The molecule has 0 fully saturated rings. The monoisotopic (exact) mass is 475 g/mol. The van der Waals surface area contributed by atoms with Gasteiger partial charge in [-0.2, -0.15) is 0 Å². The third kappa shape index (κ3) is 3.60. The van der Waals surface area contributed by atoms with Gasteiger partial charge in [0.05, 0.1) is 29.0 Å². The Morgan fingerprint density at radius 3 is 2.54 bits per heavy atom. The van der Waals surface area contributed by atoms with Gasteiger partial charge in [0.1, 0.15) is 6.61 Å². The number of cyclic esters (lactones) is 1. The fourth-order valence-electron chi connectivity index (χ4n) is 5.75. The number of carbonyl (C=O) groups excluding carboxylic acids is 1. The summed E-state index contributed by atoms with van der Waals surface area (Å²) in [5.74, 6) is -0.704. The Labute approximate surface area is 205 Å². The maximum atomic E-state index is 13.6. The lowest BCUT2D eigenvalue weighted by molar-refractivity contribution is -0.172. The molecule has 4 heterocycles. The first-order valence-electron chi connectivity index (χ1n) is 12.5. The lowest BCUT2D eigenvalue weighted by Crippen LogP contribution is -2.44. The van der Waals surface area contributed by atoms with Gasteiger partial charge >= 0.3 is 5.97 Å². The predicted octanol–water partition coefficient (Wildman–Crippen LogP) is 3.74. The highest BCUT2D eigenvalue weighted by atomic mass is 16.6. The van der Waals surface area contributed by atoms with Crippen LogP contribution >= 0.6 is 0 Å². The minimum Gasteiger partial charge on any atom is -0.458 e. The number of benzene rings is 1. The summed E-state index contributed by atoms with van der Waals surface area (Å²) >= 11 is 0. The van der Waals surface area contributed by atoms with E-state index in [1.807, 2.05) is 18.2 Å². The number of carbonyl (C=O) groups is 1. The molecule has 3 aromatic rings. The van der Waals surface area contributed by atoms with E-state index in [1.54, 1.807) is 17.6 Å². The predicted molar refractivity (Wildman–Crippen MR) is 135 cm³/mol. The van der Waals surface area contributed by atoms with E-state index in [0.29, 0.717) is 35.4 Å². The number of rotatable bonds is 6. The minimum absolute atomic E-state index is 0.119. The Bertz CT molecular complexity index is 1380. The van der Waals surface area contributed by atoms with Gasteiger partial charge < -0.3 is 14.4 Å². The van der Waals surface area contributed by atoms with Gasteiger partial charge in [0.15, 0.2) is 5.60 Å². The van der Waals surface area contributed by atoms with Crippen LogP contribution in [-0.4, -0.2) is 44.2 Å². The summed E-state index contributed by atoms with van der Waals surface area (Å²) < 4.78 is 6.92. The standard InChI is InChI=1S/C28H33N3O4/c1-6-28(34)22-13-24-25-20(14-31(24)26(32)21(22)15-35-27(28)33)18(11-12-30(16(2)3)17(4)5)19-9-7-8-10-23(19)29-25/h7-10,13,16-17,34H,6,11-12,14-15H2,1-5H3/t28-/m1/s1. The van der Waals surface area contributed by atoms with Crippen LogP contribution in [0.5, 0.6) is 0 Å². The molecule has 0 saturated heterocycles. The Morgan fingerprint density at radius 2 is 1.86 bits per heavy atom. The summed E-state index contributed by atoms with van der Waals surface area (Å²) in [5, 5.41) is 12.2. The number of nitrogens with zero attached hydrogens (tertiary/aromatic N) is 3. The van der Waals surface area contributed by atoms with Gasteiger partial charge in [0.2, 0.25) is 0 Å². The summed E-state index contributed by atoms with van der Waals surface area (Å²) in [7, 11) is 0. The number of esters is 1. The van der Waals surface area contributed by atoms with Crippen molar-refractivity contribution in [3.63, 3.8) is 0 Å². The molecule has 2 aliphatic rings. The van der Waals surface area contributed by atoms with Gasteiger partial charge in [0, 0.05) is 35.1 Å². The molecule has 184 valence electrons. The third-order valence-corrected chi connectivity index (χ3v) is 7.66. The molecule has 2 aromatic heterocycles. The number of aliphatic hydroxyl groups is 1. The Hall–Kier alpha value is -3.03. The molecular weight excluding hydrogens is 442 g/mol. The lowest BCUT2D eigenvalue weighted by Gasteiger charge is -2.31. The Morgan fingerprint density at radius 1 is 1.14 bits per heavy atom. The largest absolute Gasteiger partial charge is 0.458 e. The molecule has 7 heteroatoms.